The normalized spacial score (nSPS) is 11.0. The molecule has 0 saturated heterocycles. The van der Waals surface area contributed by atoms with Crippen LogP contribution >= 0.6 is 11.6 Å². The van der Waals surface area contributed by atoms with Gasteiger partial charge in [-0.3, -0.25) is 9.10 Å². The molecule has 0 heterocycles. The molecule has 0 atom stereocenters. The maximum Gasteiger partial charge on any atom is 0.245 e. The van der Waals surface area contributed by atoms with Crippen LogP contribution in [0.4, 0.5) is 11.4 Å². The van der Waals surface area contributed by atoms with Gasteiger partial charge in [-0.05, 0) is 43.3 Å². The second-order valence-electron chi connectivity index (χ2n) is 5.23. The van der Waals surface area contributed by atoms with E-state index in [0.717, 1.165) is 10.6 Å². The van der Waals surface area contributed by atoms with Gasteiger partial charge in [0, 0.05) is 5.69 Å². The molecule has 0 aromatic heterocycles. The van der Waals surface area contributed by atoms with Crippen molar-refractivity contribution in [1.29, 1.82) is 0 Å². The Morgan fingerprint density at radius 2 is 1.80 bits per heavy atom. The van der Waals surface area contributed by atoms with Crippen LogP contribution in [0, 0.1) is 0 Å². The first-order chi connectivity index (χ1) is 11.8. The van der Waals surface area contributed by atoms with E-state index in [9.17, 15) is 13.2 Å². The lowest BCUT2D eigenvalue weighted by Crippen LogP contribution is -2.37. The Bertz CT molecular complexity index is 838. The number of para-hydroxylation sites is 1. The van der Waals surface area contributed by atoms with Crippen LogP contribution < -0.4 is 14.4 Å². The summed E-state index contributed by atoms with van der Waals surface area (Å²) < 4.78 is 30.4. The summed E-state index contributed by atoms with van der Waals surface area (Å²) in [5.41, 5.74) is 0.801. The van der Waals surface area contributed by atoms with Crippen molar-refractivity contribution in [1.82, 2.24) is 0 Å². The van der Waals surface area contributed by atoms with Gasteiger partial charge in [-0.25, -0.2) is 8.42 Å². The summed E-state index contributed by atoms with van der Waals surface area (Å²) in [4.78, 5) is 12.3. The Balaban J connectivity index is 2.14. The summed E-state index contributed by atoms with van der Waals surface area (Å²) >= 11 is 6.06. The molecule has 0 unspecified atom stereocenters. The Morgan fingerprint density at radius 3 is 2.36 bits per heavy atom. The summed E-state index contributed by atoms with van der Waals surface area (Å²) in [5, 5.41) is 2.91. The minimum absolute atomic E-state index is 0.252. The zero-order chi connectivity index (χ0) is 18.4. The van der Waals surface area contributed by atoms with Gasteiger partial charge >= 0.3 is 0 Å². The second kappa shape index (κ2) is 8.22. The fourth-order valence-electron chi connectivity index (χ4n) is 2.17. The molecule has 1 amide bonds. The van der Waals surface area contributed by atoms with Crippen molar-refractivity contribution in [2.75, 3.05) is 29.0 Å². The van der Waals surface area contributed by atoms with Crippen molar-refractivity contribution in [3.05, 3.63) is 53.6 Å². The van der Waals surface area contributed by atoms with Crippen LogP contribution in [0.5, 0.6) is 5.75 Å². The molecule has 0 aliphatic carbocycles. The molecule has 0 radical (unpaired) electrons. The van der Waals surface area contributed by atoms with Crippen molar-refractivity contribution in [3.8, 4) is 5.75 Å². The third-order valence-corrected chi connectivity index (χ3v) is 4.70. The number of halogens is 1. The summed E-state index contributed by atoms with van der Waals surface area (Å²) in [6, 6.07) is 13.3. The zero-order valence-corrected chi connectivity index (χ0v) is 15.5. The molecule has 0 fully saturated rings. The predicted molar refractivity (Wildman–Crippen MR) is 99.9 cm³/mol. The zero-order valence-electron chi connectivity index (χ0n) is 13.9. The Labute approximate surface area is 152 Å². The Kier molecular flexibility index (Phi) is 6.27. The van der Waals surface area contributed by atoms with Gasteiger partial charge in [-0.15, -0.1) is 0 Å². The largest absolute Gasteiger partial charge is 0.494 e. The number of carbonyl (C=O) groups is 1. The quantitative estimate of drug-likeness (QED) is 0.798. The Hall–Kier alpha value is -2.25. The monoisotopic (exact) mass is 382 g/mol. The van der Waals surface area contributed by atoms with E-state index in [1.807, 2.05) is 6.92 Å². The summed E-state index contributed by atoms with van der Waals surface area (Å²) in [6.45, 7) is 2.05. The smallest absolute Gasteiger partial charge is 0.245 e. The molecule has 134 valence electrons. The van der Waals surface area contributed by atoms with Crippen molar-refractivity contribution >= 4 is 38.9 Å². The lowest BCUT2D eigenvalue weighted by Gasteiger charge is -2.22. The second-order valence-corrected chi connectivity index (χ2v) is 7.54. The first kappa shape index (κ1) is 19.1. The number of ether oxygens (including phenoxy) is 1. The lowest BCUT2D eigenvalue weighted by atomic mass is 10.3. The van der Waals surface area contributed by atoms with Crippen LogP contribution in [-0.2, 0) is 14.8 Å². The third kappa shape index (κ3) is 5.37. The molecule has 6 nitrogen and oxygen atoms in total. The molecular formula is C17H19ClN2O4S. The average Bonchev–Trinajstić information content (AvgIpc) is 2.55. The van der Waals surface area contributed by atoms with Gasteiger partial charge in [0.2, 0.25) is 15.9 Å². The van der Waals surface area contributed by atoms with Gasteiger partial charge in [0.25, 0.3) is 0 Å². The van der Waals surface area contributed by atoms with Crippen LogP contribution in [0.1, 0.15) is 6.92 Å². The van der Waals surface area contributed by atoms with E-state index in [1.165, 1.54) is 0 Å². The van der Waals surface area contributed by atoms with E-state index in [4.69, 9.17) is 16.3 Å². The lowest BCUT2D eigenvalue weighted by molar-refractivity contribution is -0.114. The molecule has 8 heteroatoms. The maximum absolute atomic E-state index is 12.3. The number of hydrogen-bond donors (Lipinski definition) is 1. The van der Waals surface area contributed by atoms with Crippen molar-refractivity contribution in [2.45, 2.75) is 6.92 Å². The van der Waals surface area contributed by atoms with Gasteiger partial charge in [0.1, 0.15) is 12.3 Å². The minimum atomic E-state index is -3.67. The summed E-state index contributed by atoms with van der Waals surface area (Å²) in [6.07, 6.45) is 1.03. The van der Waals surface area contributed by atoms with Gasteiger partial charge in [0.15, 0.2) is 0 Å². The van der Waals surface area contributed by atoms with Gasteiger partial charge < -0.3 is 10.1 Å². The van der Waals surface area contributed by atoms with Crippen molar-refractivity contribution in [2.24, 2.45) is 0 Å². The van der Waals surface area contributed by atoms with Crippen molar-refractivity contribution < 1.29 is 17.9 Å². The van der Waals surface area contributed by atoms with E-state index in [1.54, 1.807) is 48.5 Å². The van der Waals surface area contributed by atoms with Crippen LogP contribution in [0.2, 0.25) is 5.02 Å². The number of benzene rings is 2. The molecule has 2 rings (SSSR count). The van der Waals surface area contributed by atoms with Crippen LogP contribution in [0.15, 0.2) is 48.5 Å². The first-order valence-electron chi connectivity index (χ1n) is 7.56. The first-order valence-corrected chi connectivity index (χ1v) is 9.79. The van der Waals surface area contributed by atoms with Crippen LogP contribution in [-0.4, -0.2) is 33.7 Å². The van der Waals surface area contributed by atoms with E-state index >= 15 is 0 Å². The average molecular weight is 383 g/mol. The minimum Gasteiger partial charge on any atom is -0.494 e. The highest BCUT2D eigenvalue weighted by Crippen LogP contribution is 2.27. The van der Waals surface area contributed by atoms with E-state index in [0.29, 0.717) is 18.0 Å². The summed E-state index contributed by atoms with van der Waals surface area (Å²) in [7, 11) is -3.67. The number of nitrogens with zero attached hydrogens (tertiary/aromatic N) is 1. The number of carbonyl (C=O) groups excluding carboxylic acids is 1. The van der Waals surface area contributed by atoms with E-state index in [2.05, 4.69) is 5.32 Å². The number of nitrogens with one attached hydrogen (secondary N) is 1. The third-order valence-electron chi connectivity index (χ3n) is 3.26. The van der Waals surface area contributed by atoms with E-state index in [-0.39, 0.29) is 17.3 Å². The highest BCUT2D eigenvalue weighted by Gasteiger charge is 2.22. The molecule has 1 N–H and O–H groups in total. The van der Waals surface area contributed by atoms with Crippen LogP contribution in [0.25, 0.3) is 0 Å². The van der Waals surface area contributed by atoms with Gasteiger partial charge in [-0.2, -0.15) is 0 Å². The molecule has 0 aliphatic rings. The molecule has 0 saturated carbocycles. The SMILES string of the molecule is CCOc1ccc(NC(=O)CN(c2ccccc2Cl)S(C)(=O)=O)cc1. The molecule has 2 aromatic carbocycles. The molecule has 2 aromatic rings. The number of rotatable bonds is 7. The van der Waals surface area contributed by atoms with Crippen molar-refractivity contribution in [3.63, 3.8) is 0 Å². The topological polar surface area (TPSA) is 75.7 Å². The van der Waals surface area contributed by atoms with Gasteiger partial charge in [0.05, 0.1) is 23.6 Å². The fourth-order valence-corrected chi connectivity index (χ4v) is 3.32. The van der Waals surface area contributed by atoms with E-state index < -0.39 is 15.9 Å². The highest BCUT2D eigenvalue weighted by atomic mass is 35.5. The highest BCUT2D eigenvalue weighted by molar-refractivity contribution is 7.92. The number of anilines is 2. The molecule has 25 heavy (non-hydrogen) atoms. The van der Waals surface area contributed by atoms with Gasteiger partial charge in [-0.1, -0.05) is 23.7 Å². The maximum atomic E-state index is 12.3. The predicted octanol–water partition coefficient (Wildman–Crippen LogP) is 3.14. The number of hydrogen-bond acceptors (Lipinski definition) is 4. The molecule has 0 spiro atoms. The molecule has 0 aliphatic heterocycles. The Morgan fingerprint density at radius 1 is 1.16 bits per heavy atom. The molecule has 0 bridgehead atoms. The number of amides is 1. The summed E-state index contributed by atoms with van der Waals surface area (Å²) in [5.74, 6) is 0.212. The fraction of sp³-hybridized carbons (Fsp3) is 0.235. The standard InChI is InChI=1S/C17H19ClN2O4S/c1-3-24-14-10-8-13(9-11-14)19-17(21)12-20(25(2,22)23)16-7-5-4-6-15(16)18/h4-11H,3,12H2,1-2H3,(H,19,21). The number of sulfonamides is 1. The van der Waals surface area contributed by atoms with Crippen LogP contribution in [0.3, 0.4) is 0 Å². The molecular weight excluding hydrogens is 364 g/mol.